The molecule has 0 aromatic heterocycles. The molecule has 108 valence electrons. The van der Waals surface area contributed by atoms with Crippen molar-refractivity contribution in [3.8, 4) is 0 Å². The smallest absolute Gasteiger partial charge is 0.337 e. The summed E-state index contributed by atoms with van der Waals surface area (Å²) in [6.45, 7) is 0.397. The van der Waals surface area contributed by atoms with E-state index in [0.717, 1.165) is 0 Å². The van der Waals surface area contributed by atoms with E-state index >= 15 is 0 Å². The van der Waals surface area contributed by atoms with Crippen LogP contribution >= 0.6 is 11.6 Å². The average Bonchev–Trinajstić information content (AvgIpc) is 2.85. The summed E-state index contributed by atoms with van der Waals surface area (Å²) >= 11 is 3.81. The molecule has 0 fully saturated rings. The molecule has 1 aromatic carbocycles. The van der Waals surface area contributed by atoms with E-state index in [-0.39, 0.29) is 22.8 Å². The molecule has 0 saturated carbocycles. The van der Waals surface area contributed by atoms with E-state index in [2.05, 4.69) is 5.48 Å². The number of hydrogen-bond acceptors (Lipinski definition) is 5. The Hall–Kier alpha value is -1.41. The van der Waals surface area contributed by atoms with Crippen LogP contribution in [0.15, 0.2) is 23.9 Å². The van der Waals surface area contributed by atoms with Gasteiger partial charge in [-0.05, 0) is 23.3 Å². The first-order valence-electron chi connectivity index (χ1n) is 5.65. The maximum Gasteiger partial charge on any atom is 0.337 e. The lowest BCUT2D eigenvalue weighted by Crippen LogP contribution is -2.12. The molecule has 6 nitrogen and oxygen atoms in total. The molecule has 0 aliphatic carbocycles. The Balaban J connectivity index is 2.43. The Labute approximate surface area is 122 Å². The number of benzene rings is 1. The van der Waals surface area contributed by atoms with Gasteiger partial charge in [0.05, 0.1) is 17.2 Å². The summed E-state index contributed by atoms with van der Waals surface area (Å²) in [5.41, 5.74) is 4.27. The van der Waals surface area contributed by atoms with Gasteiger partial charge >= 0.3 is 5.97 Å². The van der Waals surface area contributed by atoms with E-state index in [9.17, 15) is 13.6 Å². The van der Waals surface area contributed by atoms with E-state index in [1.165, 1.54) is 12.1 Å². The topological polar surface area (TPSA) is 98.7 Å². The van der Waals surface area contributed by atoms with E-state index in [1.807, 2.05) is 0 Å². The monoisotopic (exact) mass is 316 g/mol. The summed E-state index contributed by atoms with van der Waals surface area (Å²) in [6, 6.07) is 2.78. The van der Waals surface area contributed by atoms with Crippen molar-refractivity contribution in [3.05, 3.63) is 45.6 Å². The molecule has 1 heterocycles. The molecule has 0 spiro atoms. The van der Waals surface area contributed by atoms with E-state index in [4.69, 9.17) is 21.5 Å². The molecule has 0 radical (unpaired) electrons. The zero-order chi connectivity index (χ0) is 14.7. The van der Waals surface area contributed by atoms with Crippen LogP contribution in [0.5, 0.6) is 0 Å². The third-order valence-electron chi connectivity index (χ3n) is 2.83. The Morgan fingerprint density at radius 2 is 2.30 bits per heavy atom. The summed E-state index contributed by atoms with van der Waals surface area (Å²) < 4.78 is 21.7. The maximum atomic E-state index is 11.1. The number of hydroxylamine groups is 1. The van der Waals surface area contributed by atoms with E-state index in [0.29, 0.717) is 23.4 Å². The molecule has 2 rings (SSSR count). The maximum absolute atomic E-state index is 11.1. The highest BCUT2D eigenvalue weighted by Crippen LogP contribution is 2.28. The van der Waals surface area contributed by atoms with Crippen molar-refractivity contribution in [2.45, 2.75) is 12.2 Å². The molecule has 0 bridgehead atoms. The summed E-state index contributed by atoms with van der Waals surface area (Å²) in [4.78, 5) is 16.0. The van der Waals surface area contributed by atoms with Crippen LogP contribution in [0.3, 0.4) is 0 Å². The van der Waals surface area contributed by atoms with Crippen LogP contribution in [0.2, 0.25) is 5.02 Å². The molecule has 8 heteroatoms. The highest BCUT2D eigenvalue weighted by molar-refractivity contribution is 7.78. The van der Waals surface area contributed by atoms with Crippen molar-refractivity contribution in [2.24, 2.45) is 0 Å². The van der Waals surface area contributed by atoms with Crippen LogP contribution in [-0.4, -0.2) is 26.4 Å². The fourth-order valence-corrected chi connectivity index (χ4v) is 2.75. The van der Waals surface area contributed by atoms with Crippen molar-refractivity contribution >= 4 is 28.7 Å². The van der Waals surface area contributed by atoms with Crippen LogP contribution < -0.4 is 5.48 Å². The Morgan fingerprint density at radius 3 is 2.85 bits per heavy atom. The standard InChI is InChI=1S/C12H12ClNO5S/c13-11-9(12(15)16)2-1-7(6-20(17)18)10(11)5-8-3-4-19-14-8/h1-3,14H,4-6H2,(H,15,16)(H,17,18)/p-1. The number of halogens is 1. The zero-order valence-electron chi connectivity index (χ0n) is 10.2. The highest BCUT2D eigenvalue weighted by Gasteiger charge is 2.18. The Morgan fingerprint density at radius 1 is 1.55 bits per heavy atom. The van der Waals surface area contributed by atoms with Gasteiger partial charge in [0.2, 0.25) is 0 Å². The van der Waals surface area contributed by atoms with Crippen molar-refractivity contribution in [3.63, 3.8) is 0 Å². The minimum Gasteiger partial charge on any atom is -0.772 e. The lowest BCUT2D eigenvalue weighted by molar-refractivity contribution is 0.0697. The molecule has 20 heavy (non-hydrogen) atoms. The minimum absolute atomic E-state index is 0.0510. The van der Waals surface area contributed by atoms with E-state index < -0.39 is 17.0 Å². The Kier molecular flexibility index (Phi) is 4.77. The van der Waals surface area contributed by atoms with Crippen LogP contribution in [0.25, 0.3) is 0 Å². The second-order valence-electron chi connectivity index (χ2n) is 4.14. The Bertz CT molecular complexity index is 602. The fourth-order valence-electron chi connectivity index (χ4n) is 1.90. The van der Waals surface area contributed by atoms with Gasteiger partial charge < -0.3 is 9.66 Å². The normalized spacial score (nSPS) is 15.6. The van der Waals surface area contributed by atoms with E-state index in [1.54, 1.807) is 6.08 Å². The number of nitrogens with one attached hydrogen (secondary N) is 1. The molecular weight excluding hydrogens is 306 g/mol. The van der Waals surface area contributed by atoms with Crippen molar-refractivity contribution < 1.29 is 23.5 Å². The summed E-state index contributed by atoms with van der Waals surface area (Å²) in [6.07, 6.45) is 2.06. The second-order valence-corrected chi connectivity index (χ2v) is 5.41. The number of rotatable bonds is 5. The van der Waals surface area contributed by atoms with Gasteiger partial charge in [0, 0.05) is 17.9 Å². The largest absolute Gasteiger partial charge is 0.772 e. The van der Waals surface area contributed by atoms with Crippen molar-refractivity contribution in [2.75, 3.05) is 6.61 Å². The van der Waals surface area contributed by atoms with Crippen molar-refractivity contribution in [1.29, 1.82) is 0 Å². The summed E-state index contributed by atoms with van der Waals surface area (Å²) in [5, 5.41) is 9.11. The number of carboxylic acid groups (broad SMARTS) is 1. The predicted molar refractivity (Wildman–Crippen MR) is 71.9 cm³/mol. The molecule has 0 saturated heterocycles. The molecular formula is C12H11ClNO5S-. The first-order valence-corrected chi connectivity index (χ1v) is 7.27. The van der Waals surface area contributed by atoms with Gasteiger partial charge in [-0.3, -0.25) is 14.5 Å². The quantitative estimate of drug-likeness (QED) is 0.796. The second kappa shape index (κ2) is 6.36. The number of hydrogen-bond donors (Lipinski definition) is 2. The lowest BCUT2D eigenvalue weighted by atomic mass is 10.0. The highest BCUT2D eigenvalue weighted by atomic mass is 35.5. The molecule has 1 aromatic rings. The van der Waals surface area contributed by atoms with Crippen LogP contribution in [0, 0.1) is 0 Å². The first kappa shape index (κ1) is 15.0. The summed E-state index contributed by atoms with van der Waals surface area (Å²) in [5.74, 6) is -1.38. The van der Waals surface area contributed by atoms with Crippen LogP contribution in [0.1, 0.15) is 21.5 Å². The molecule has 1 unspecified atom stereocenters. The van der Waals surface area contributed by atoms with Gasteiger partial charge in [-0.25, -0.2) is 4.79 Å². The van der Waals surface area contributed by atoms with Gasteiger partial charge in [-0.2, -0.15) is 0 Å². The third kappa shape index (κ3) is 3.37. The number of carbonyl (C=O) groups is 1. The van der Waals surface area contributed by atoms with Gasteiger partial charge in [0.1, 0.15) is 0 Å². The van der Waals surface area contributed by atoms with Crippen LogP contribution in [-0.2, 0) is 28.1 Å². The minimum atomic E-state index is -2.28. The number of carboxylic acids is 1. The molecule has 2 N–H and O–H groups in total. The number of allylic oxidation sites excluding steroid dienone is 1. The van der Waals surface area contributed by atoms with Gasteiger partial charge in [0.25, 0.3) is 0 Å². The molecule has 1 aliphatic heterocycles. The van der Waals surface area contributed by atoms with Crippen molar-refractivity contribution in [1.82, 2.24) is 5.48 Å². The molecule has 1 atom stereocenters. The number of aromatic carboxylic acids is 1. The predicted octanol–water partition coefficient (Wildman–Crippen LogP) is 1.38. The first-order chi connectivity index (χ1) is 9.49. The fraction of sp³-hybridized carbons (Fsp3) is 0.250. The summed E-state index contributed by atoms with van der Waals surface area (Å²) in [7, 11) is 0. The van der Waals surface area contributed by atoms with Crippen LogP contribution in [0.4, 0.5) is 0 Å². The average molecular weight is 317 g/mol. The van der Waals surface area contributed by atoms with Gasteiger partial charge in [0.15, 0.2) is 0 Å². The third-order valence-corrected chi connectivity index (χ3v) is 3.81. The molecule has 1 aliphatic rings. The molecule has 0 amide bonds. The van der Waals surface area contributed by atoms with Gasteiger partial charge in [-0.1, -0.05) is 28.7 Å². The van der Waals surface area contributed by atoms with Gasteiger partial charge in [-0.15, -0.1) is 0 Å². The SMILES string of the molecule is O=C(O)c1ccc(CS(=O)[O-])c(CC2=CCON2)c1Cl. The lowest BCUT2D eigenvalue weighted by Gasteiger charge is -2.15. The zero-order valence-corrected chi connectivity index (χ0v) is 11.8.